The highest BCUT2D eigenvalue weighted by atomic mass is 16.3. The molecule has 0 heterocycles. The minimum Gasteiger partial charge on any atom is -0.396 e. The zero-order valence-electron chi connectivity index (χ0n) is 5.99. The van der Waals surface area contributed by atoms with E-state index >= 15 is 0 Å². The van der Waals surface area contributed by atoms with Crippen molar-refractivity contribution in [3.63, 3.8) is 0 Å². The Morgan fingerprint density at radius 1 is 1.60 bits per heavy atom. The summed E-state index contributed by atoms with van der Waals surface area (Å²) in [5.41, 5.74) is 5.24. The first-order chi connectivity index (χ1) is 4.85. The Kier molecular flexibility index (Phi) is 6.32. The number of nitrogens with zero attached hydrogens (tertiary/aromatic N) is 1. The van der Waals surface area contributed by atoms with Crippen LogP contribution in [0.1, 0.15) is 12.8 Å². The van der Waals surface area contributed by atoms with Gasteiger partial charge in [0.25, 0.3) is 0 Å². The topological polar surface area (TPSA) is 75.7 Å². The first-order valence-corrected chi connectivity index (χ1v) is 3.45. The Hall–Kier alpha value is -0.480. The molecule has 60 valence electrons. The summed E-state index contributed by atoms with van der Waals surface area (Å²) in [6.45, 7) is 0.845. The van der Waals surface area contributed by atoms with E-state index in [-0.39, 0.29) is 19.1 Å². The van der Waals surface area contributed by atoms with Crippen molar-refractivity contribution < 1.29 is 5.11 Å². The third-order valence-corrected chi connectivity index (χ3v) is 1.41. The zero-order valence-corrected chi connectivity index (χ0v) is 5.99. The number of hydrogen-bond donors (Lipinski definition) is 2. The highest BCUT2D eigenvalue weighted by Crippen LogP contribution is 2.04. The van der Waals surface area contributed by atoms with Crippen LogP contribution in [0.4, 0.5) is 0 Å². The van der Waals surface area contributed by atoms with Crippen molar-refractivity contribution in [2.45, 2.75) is 12.8 Å². The third kappa shape index (κ3) is 4.40. The van der Waals surface area contributed by atoms with Crippen molar-refractivity contribution in [2.75, 3.05) is 19.7 Å². The second kappa shape index (κ2) is 6.64. The van der Waals surface area contributed by atoms with Crippen LogP contribution in [0.3, 0.4) is 0 Å². The lowest BCUT2D eigenvalue weighted by Gasteiger charge is -2.07. The lowest BCUT2D eigenvalue weighted by atomic mass is 10.1. The molecule has 0 aliphatic rings. The maximum atomic E-state index is 9.74. The zero-order chi connectivity index (χ0) is 7.82. The molecule has 1 unspecified atom stereocenters. The molecule has 0 fully saturated rings. The van der Waals surface area contributed by atoms with Gasteiger partial charge in [0, 0.05) is 12.5 Å². The number of nitrogens with two attached hydrogens (primary N) is 1. The summed E-state index contributed by atoms with van der Waals surface area (Å²) in [7, 11) is 0. The van der Waals surface area contributed by atoms with Crippen LogP contribution >= 0.6 is 0 Å². The monoisotopic (exact) mass is 146 g/mol. The summed E-state index contributed by atoms with van der Waals surface area (Å²) >= 11 is 0. The molecule has 3 N–H and O–H groups in total. The number of aliphatic hydroxyl groups is 1. The maximum Gasteiger partial charge on any atom is 0.0861 e. The lowest BCUT2D eigenvalue weighted by Crippen LogP contribution is -2.11. The quantitative estimate of drug-likeness (QED) is 0.522. The Balaban J connectivity index is 3.29. The molecule has 4 heteroatoms. The van der Waals surface area contributed by atoms with Gasteiger partial charge >= 0.3 is 0 Å². The molecule has 0 aromatic heterocycles. The van der Waals surface area contributed by atoms with Gasteiger partial charge < -0.3 is 10.8 Å². The maximum absolute atomic E-state index is 9.74. The molecule has 0 saturated carbocycles. The van der Waals surface area contributed by atoms with Crippen LogP contribution in [0.15, 0.2) is 5.18 Å². The molecule has 0 radical (unpaired) electrons. The molecule has 0 aromatic carbocycles. The Morgan fingerprint density at radius 2 is 2.30 bits per heavy atom. The van der Waals surface area contributed by atoms with Crippen LogP contribution in [0, 0.1) is 10.8 Å². The normalized spacial score (nSPS) is 13.0. The van der Waals surface area contributed by atoms with E-state index in [1.165, 1.54) is 0 Å². The van der Waals surface area contributed by atoms with Gasteiger partial charge in [0.1, 0.15) is 0 Å². The summed E-state index contributed by atoms with van der Waals surface area (Å²) in [4.78, 5) is 9.74. The summed E-state index contributed by atoms with van der Waals surface area (Å²) in [6.07, 6.45) is 1.64. The Bertz CT molecular complexity index is 87.8. The molecular weight excluding hydrogens is 132 g/mol. The first kappa shape index (κ1) is 9.52. The van der Waals surface area contributed by atoms with Crippen molar-refractivity contribution in [2.24, 2.45) is 16.8 Å². The van der Waals surface area contributed by atoms with Crippen molar-refractivity contribution in [1.82, 2.24) is 0 Å². The molecule has 0 aromatic rings. The van der Waals surface area contributed by atoms with Gasteiger partial charge in [0.05, 0.1) is 6.54 Å². The van der Waals surface area contributed by atoms with Crippen LogP contribution < -0.4 is 5.73 Å². The molecular formula is C6H14N2O2. The van der Waals surface area contributed by atoms with Crippen LogP contribution in [0.2, 0.25) is 0 Å². The first-order valence-electron chi connectivity index (χ1n) is 3.45. The molecule has 0 aliphatic carbocycles. The largest absolute Gasteiger partial charge is 0.396 e. The predicted molar refractivity (Wildman–Crippen MR) is 39.5 cm³/mol. The van der Waals surface area contributed by atoms with E-state index in [9.17, 15) is 4.91 Å². The van der Waals surface area contributed by atoms with E-state index in [1.54, 1.807) is 0 Å². The van der Waals surface area contributed by atoms with Crippen molar-refractivity contribution in [3.8, 4) is 0 Å². The van der Waals surface area contributed by atoms with Crippen LogP contribution in [0.25, 0.3) is 0 Å². The number of nitroso groups, excluding NO2 is 1. The predicted octanol–water partition coefficient (Wildman–Crippen LogP) is 0.100. The van der Waals surface area contributed by atoms with E-state index in [0.29, 0.717) is 6.54 Å². The fourth-order valence-corrected chi connectivity index (χ4v) is 0.752. The van der Waals surface area contributed by atoms with Gasteiger partial charge in [-0.25, -0.2) is 0 Å². The highest BCUT2D eigenvalue weighted by molar-refractivity contribution is 4.60. The minimum absolute atomic E-state index is 0.0149. The Morgan fingerprint density at radius 3 is 2.70 bits per heavy atom. The van der Waals surface area contributed by atoms with Gasteiger partial charge in [-0.15, -0.1) is 0 Å². The molecule has 10 heavy (non-hydrogen) atoms. The molecule has 0 amide bonds. The number of hydrogen-bond acceptors (Lipinski definition) is 4. The van der Waals surface area contributed by atoms with Gasteiger partial charge in [0.2, 0.25) is 0 Å². The molecule has 0 bridgehead atoms. The third-order valence-electron chi connectivity index (χ3n) is 1.41. The van der Waals surface area contributed by atoms with E-state index in [0.717, 1.165) is 12.8 Å². The van der Waals surface area contributed by atoms with E-state index in [4.69, 9.17) is 10.8 Å². The van der Waals surface area contributed by atoms with Crippen LogP contribution in [-0.2, 0) is 0 Å². The van der Waals surface area contributed by atoms with Crippen molar-refractivity contribution in [3.05, 3.63) is 4.91 Å². The second-order valence-electron chi connectivity index (χ2n) is 2.29. The van der Waals surface area contributed by atoms with Gasteiger partial charge in [-0.05, 0) is 19.4 Å². The summed E-state index contributed by atoms with van der Waals surface area (Å²) < 4.78 is 0. The van der Waals surface area contributed by atoms with Gasteiger partial charge in [0.15, 0.2) is 0 Å². The molecule has 0 aliphatic heterocycles. The second-order valence-corrected chi connectivity index (χ2v) is 2.29. The standard InChI is InChI=1S/C6H14N2O2/c7-3-1-2-6(5-9)4-8-10/h6,9H,1-5,7H2. The molecule has 4 nitrogen and oxygen atoms in total. The molecule has 0 rings (SSSR count). The average molecular weight is 146 g/mol. The minimum atomic E-state index is 0.0149. The fourth-order valence-electron chi connectivity index (χ4n) is 0.752. The highest BCUT2D eigenvalue weighted by Gasteiger charge is 2.05. The van der Waals surface area contributed by atoms with E-state index in [1.807, 2.05) is 0 Å². The fraction of sp³-hybridized carbons (Fsp3) is 1.00. The number of rotatable bonds is 6. The smallest absolute Gasteiger partial charge is 0.0861 e. The van der Waals surface area contributed by atoms with Gasteiger partial charge in [-0.2, -0.15) is 4.91 Å². The summed E-state index contributed by atoms with van der Waals surface area (Å²) in [6, 6.07) is 0. The van der Waals surface area contributed by atoms with Gasteiger partial charge in [-0.1, -0.05) is 5.18 Å². The summed E-state index contributed by atoms with van der Waals surface area (Å²) in [5, 5.41) is 11.4. The Labute approximate surface area is 60.4 Å². The van der Waals surface area contributed by atoms with Crippen molar-refractivity contribution in [1.29, 1.82) is 0 Å². The van der Waals surface area contributed by atoms with E-state index < -0.39 is 0 Å². The number of aliphatic hydroxyl groups excluding tert-OH is 1. The van der Waals surface area contributed by atoms with Crippen LogP contribution in [0.5, 0.6) is 0 Å². The SMILES string of the molecule is NCCCC(CO)CN=O. The van der Waals surface area contributed by atoms with E-state index in [2.05, 4.69) is 5.18 Å². The van der Waals surface area contributed by atoms with Crippen LogP contribution in [-0.4, -0.2) is 24.8 Å². The lowest BCUT2D eigenvalue weighted by molar-refractivity contribution is 0.221. The van der Waals surface area contributed by atoms with Crippen molar-refractivity contribution >= 4 is 0 Å². The molecule has 0 spiro atoms. The van der Waals surface area contributed by atoms with Gasteiger partial charge in [-0.3, -0.25) is 0 Å². The summed E-state index contributed by atoms with van der Waals surface area (Å²) in [5.74, 6) is 0.0149. The average Bonchev–Trinajstić information content (AvgIpc) is 1.98. The molecule has 0 saturated heterocycles. The molecule has 1 atom stereocenters.